The highest BCUT2D eigenvalue weighted by Crippen LogP contribution is 2.15. The molecule has 0 aliphatic heterocycles. The quantitative estimate of drug-likeness (QED) is 0.764. The summed E-state index contributed by atoms with van der Waals surface area (Å²) in [4.78, 5) is 12.4. The average Bonchev–Trinajstić information content (AvgIpc) is 2.80. The molecule has 0 aliphatic rings. The van der Waals surface area contributed by atoms with Crippen molar-refractivity contribution < 1.29 is 4.42 Å². The van der Waals surface area contributed by atoms with E-state index in [0.717, 1.165) is 16.9 Å². The van der Waals surface area contributed by atoms with Gasteiger partial charge in [-0.15, -0.1) is 0 Å². The molecular formula is C15H14N2O2. The molecule has 0 atom stereocenters. The van der Waals surface area contributed by atoms with Crippen LogP contribution in [0.25, 0.3) is 10.8 Å². The predicted octanol–water partition coefficient (Wildman–Crippen LogP) is 2.53. The van der Waals surface area contributed by atoms with Crippen LogP contribution in [0.2, 0.25) is 0 Å². The minimum atomic E-state index is -0.0929. The molecule has 3 rings (SSSR count). The van der Waals surface area contributed by atoms with Gasteiger partial charge in [-0.05, 0) is 36.6 Å². The van der Waals surface area contributed by atoms with E-state index in [-0.39, 0.29) is 5.56 Å². The Morgan fingerprint density at radius 3 is 2.74 bits per heavy atom. The number of hydrogen-bond acceptors (Lipinski definition) is 3. The number of nitrogens with two attached hydrogens (primary N) is 1. The molecular weight excluding hydrogens is 240 g/mol. The first-order chi connectivity index (χ1) is 9.15. The van der Waals surface area contributed by atoms with Crippen LogP contribution in [0.1, 0.15) is 11.5 Å². The zero-order chi connectivity index (χ0) is 13.4. The zero-order valence-electron chi connectivity index (χ0n) is 10.6. The monoisotopic (exact) mass is 254 g/mol. The van der Waals surface area contributed by atoms with Crippen molar-refractivity contribution in [2.75, 3.05) is 5.73 Å². The van der Waals surface area contributed by atoms with Crippen molar-refractivity contribution in [1.29, 1.82) is 0 Å². The molecule has 19 heavy (non-hydrogen) atoms. The molecule has 0 radical (unpaired) electrons. The van der Waals surface area contributed by atoms with Gasteiger partial charge in [-0.25, -0.2) is 0 Å². The molecule has 0 bridgehead atoms. The second-order valence-corrected chi connectivity index (χ2v) is 4.56. The fourth-order valence-corrected chi connectivity index (χ4v) is 2.21. The van der Waals surface area contributed by atoms with Crippen LogP contribution >= 0.6 is 0 Å². The number of fused-ring (bicyclic) bond motifs is 1. The largest absolute Gasteiger partial charge is 0.464 e. The van der Waals surface area contributed by atoms with Crippen LogP contribution in [0.3, 0.4) is 0 Å². The minimum absolute atomic E-state index is 0.0929. The van der Waals surface area contributed by atoms with Crippen molar-refractivity contribution in [3.63, 3.8) is 0 Å². The smallest absolute Gasteiger partial charge is 0.260 e. The first-order valence-corrected chi connectivity index (χ1v) is 6.08. The van der Waals surface area contributed by atoms with E-state index in [1.165, 1.54) is 4.57 Å². The molecule has 0 aliphatic carbocycles. The van der Waals surface area contributed by atoms with Gasteiger partial charge in [0.05, 0.1) is 6.54 Å². The molecule has 0 saturated heterocycles. The van der Waals surface area contributed by atoms with Crippen molar-refractivity contribution in [2.45, 2.75) is 13.5 Å². The van der Waals surface area contributed by atoms with Gasteiger partial charge in [0.2, 0.25) is 0 Å². The summed E-state index contributed by atoms with van der Waals surface area (Å²) < 4.78 is 7.02. The van der Waals surface area contributed by atoms with Crippen LogP contribution in [-0.4, -0.2) is 4.57 Å². The van der Waals surface area contributed by atoms with Crippen LogP contribution in [0.15, 0.2) is 51.7 Å². The third kappa shape index (κ3) is 2.01. The number of furan rings is 1. The third-order valence-electron chi connectivity index (χ3n) is 3.16. The van der Waals surface area contributed by atoms with Crippen molar-refractivity contribution in [3.8, 4) is 0 Å². The molecule has 3 aromatic rings. The summed E-state index contributed by atoms with van der Waals surface area (Å²) in [6.45, 7) is 2.22. The first kappa shape index (κ1) is 11.6. The Morgan fingerprint density at radius 1 is 1.21 bits per heavy atom. The predicted molar refractivity (Wildman–Crippen MR) is 75.2 cm³/mol. The summed E-state index contributed by atoms with van der Waals surface area (Å²) >= 11 is 0. The van der Waals surface area contributed by atoms with Gasteiger partial charge in [-0.3, -0.25) is 9.36 Å². The molecule has 0 unspecified atom stereocenters. The number of aryl methyl sites for hydroxylation is 1. The highest BCUT2D eigenvalue weighted by atomic mass is 16.3. The molecule has 4 heteroatoms. The second-order valence-electron chi connectivity index (χ2n) is 4.56. The molecule has 2 aromatic heterocycles. The van der Waals surface area contributed by atoms with Crippen LogP contribution in [0.4, 0.5) is 5.82 Å². The molecule has 0 saturated carbocycles. The number of rotatable bonds is 2. The Morgan fingerprint density at radius 2 is 2.00 bits per heavy atom. The van der Waals surface area contributed by atoms with E-state index in [9.17, 15) is 4.79 Å². The van der Waals surface area contributed by atoms with E-state index in [2.05, 4.69) is 0 Å². The van der Waals surface area contributed by atoms with E-state index in [1.54, 1.807) is 6.07 Å². The van der Waals surface area contributed by atoms with Gasteiger partial charge >= 0.3 is 0 Å². The summed E-state index contributed by atoms with van der Waals surface area (Å²) in [5, 5.41) is 1.52. The number of aromatic nitrogens is 1. The fraction of sp³-hybridized carbons (Fsp3) is 0.133. The molecule has 2 N–H and O–H groups in total. The van der Waals surface area contributed by atoms with Gasteiger partial charge < -0.3 is 10.2 Å². The van der Waals surface area contributed by atoms with Crippen LogP contribution in [-0.2, 0) is 6.54 Å². The molecule has 0 fully saturated rings. The molecule has 2 heterocycles. The molecule has 1 aromatic carbocycles. The maximum Gasteiger partial charge on any atom is 0.260 e. The average molecular weight is 254 g/mol. The standard InChI is InChI=1S/C15H14N2O2/c1-10-6-7-12(19-10)9-17-14(16)8-11-4-2-3-5-13(11)15(17)18/h2-8H,9,16H2,1H3. The number of pyridine rings is 1. The maximum atomic E-state index is 12.4. The summed E-state index contributed by atoms with van der Waals surface area (Å²) in [5.74, 6) is 1.99. The van der Waals surface area contributed by atoms with Gasteiger partial charge in [0.15, 0.2) is 0 Å². The second kappa shape index (κ2) is 4.31. The van der Waals surface area contributed by atoms with Crippen molar-refractivity contribution >= 4 is 16.6 Å². The Hall–Kier alpha value is -2.49. The van der Waals surface area contributed by atoms with E-state index in [0.29, 0.717) is 17.7 Å². The van der Waals surface area contributed by atoms with Crippen LogP contribution in [0, 0.1) is 6.92 Å². The van der Waals surface area contributed by atoms with Gasteiger partial charge in [0, 0.05) is 5.39 Å². The highest BCUT2D eigenvalue weighted by molar-refractivity contribution is 5.83. The lowest BCUT2D eigenvalue weighted by atomic mass is 10.1. The number of benzene rings is 1. The fourth-order valence-electron chi connectivity index (χ4n) is 2.21. The minimum Gasteiger partial charge on any atom is -0.464 e. The van der Waals surface area contributed by atoms with Gasteiger partial charge in [0.1, 0.15) is 17.3 Å². The molecule has 96 valence electrons. The molecule has 0 amide bonds. The summed E-state index contributed by atoms with van der Waals surface area (Å²) in [7, 11) is 0. The van der Waals surface area contributed by atoms with Gasteiger partial charge in [-0.1, -0.05) is 18.2 Å². The SMILES string of the molecule is Cc1ccc(Cn2c(N)cc3ccccc3c2=O)o1. The lowest BCUT2D eigenvalue weighted by Crippen LogP contribution is -2.23. The highest BCUT2D eigenvalue weighted by Gasteiger charge is 2.09. The Labute approximate surface area is 110 Å². The number of hydrogen-bond donors (Lipinski definition) is 1. The van der Waals surface area contributed by atoms with Crippen molar-refractivity contribution in [3.05, 3.63) is 64.3 Å². The Bertz CT molecular complexity index is 799. The van der Waals surface area contributed by atoms with Crippen LogP contribution < -0.4 is 11.3 Å². The lowest BCUT2D eigenvalue weighted by Gasteiger charge is -2.09. The molecule has 4 nitrogen and oxygen atoms in total. The Kier molecular flexibility index (Phi) is 2.63. The third-order valence-corrected chi connectivity index (χ3v) is 3.16. The summed E-state index contributed by atoms with van der Waals surface area (Å²) in [6.07, 6.45) is 0. The normalized spacial score (nSPS) is 11.0. The first-order valence-electron chi connectivity index (χ1n) is 6.08. The summed E-state index contributed by atoms with van der Waals surface area (Å²) in [6, 6.07) is 13.0. The Balaban J connectivity index is 2.15. The van der Waals surface area contributed by atoms with Crippen LogP contribution in [0.5, 0.6) is 0 Å². The van der Waals surface area contributed by atoms with Gasteiger partial charge in [-0.2, -0.15) is 0 Å². The topological polar surface area (TPSA) is 61.2 Å². The van der Waals surface area contributed by atoms with E-state index >= 15 is 0 Å². The number of anilines is 1. The van der Waals surface area contributed by atoms with Gasteiger partial charge in [0.25, 0.3) is 5.56 Å². The van der Waals surface area contributed by atoms with Crippen molar-refractivity contribution in [2.24, 2.45) is 0 Å². The number of nitrogens with zero attached hydrogens (tertiary/aromatic N) is 1. The maximum absolute atomic E-state index is 12.4. The number of nitrogen functional groups attached to an aromatic ring is 1. The van der Waals surface area contributed by atoms with E-state index in [4.69, 9.17) is 10.2 Å². The lowest BCUT2D eigenvalue weighted by molar-refractivity contribution is 0.469. The summed E-state index contributed by atoms with van der Waals surface area (Å²) in [5.41, 5.74) is 5.87. The van der Waals surface area contributed by atoms with E-state index < -0.39 is 0 Å². The molecule has 0 spiro atoms. The zero-order valence-corrected chi connectivity index (χ0v) is 10.6. The van der Waals surface area contributed by atoms with Crippen molar-refractivity contribution in [1.82, 2.24) is 4.57 Å². The van der Waals surface area contributed by atoms with E-state index in [1.807, 2.05) is 43.3 Å².